The molecule has 3 saturated carbocycles. The van der Waals surface area contributed by atoms with Crippen molar-refractivity contribution in [1.82, 2.24) is 4.90 Å². The van der Waals surface area contributed by atoms with Gasteiger partial charge in [0.25, 0.3) is 0 Å². The maximum Gasteiger partial charge on any atom is 0.306 e. The lowest BCUT2D eigenvalue weighted by atomic mass is 9.68. The summed E-state index contributed by atoms with van der Waals surface area (Å²) in [4.78, 5) is 39.8. The molecule has 3 aliphatic rings. The van der Waals surface area contributed by atoms with Gasteiger partial charge >= 0.3 is 17.9 Å². The van der Waals surface area contributed by atoms with E-state index >= 15 is 0 Å². The Balaban J connectivity index is 1.23. The lowest BCUT2D eigenvalue weighted by Crippen LogP contribution is -2.37. The molecule has 0 aromatic carbocycles. The molecule has 54 heavy (non-hydrogen) atoms. The van der Waals surface area contributed by atoms with Crippen LogP contribution in [0.25, 0.3) is 0 Å². The summed E-state index contributed by atoms with van der Waals surface area (Å²) in [7, 11) is 4.06. The maximum atomic E-state index is 12.6. The minimum Gasteiger partial charge on any atom is -0.466 e. The number of rotatable bonds is 34. The van der Waals surface area contributed by atoms with Crippen molar-refractivity contribution in [2.45, 2.75) is 219 Å². The molecule has 314 valence electrons. The molecule has 5 unspecified atom stereocenters. The van der Waals surface area contributed by atoms with Gasteiger partial charge in [-0.3, -0.25) is 14.4 Å². The van der Waals surface area contributed by atoms with Gasteiger partial charge in [0, 0.05) is 24.7 Å². The lowest BCUT2D eigenvalue weighted by molar-refractivity contribution is -0.150. The molecule has 2 bridgehead atoms. The van der Waals surface area contributed by atoms with Crippen LogP contribution in [0.1, 0.15) is 213 Å². The standard InChI is InChI=1S/C47H85NO6/c1-5-7-15-23-39(24-16-8-6-2)33-36-52-44(49)28-19-13-9-11-17-25-42(54-46(51)30-22-35-48(3)4)26-18-12-10-14-20-29-45(50)53-38-47-34-21-27-43(47)40-31-32-41(47)37-40/h39-43H,5-38H2,1-4H3. The van der Waals surface area contributed by atoms with Crippen LogP contribution in [0.3, 0.4) is 0 Å². The van der Waals surface area contributed by atoms with Gasteiger partial charge in [0.05, 0.1) is 13.2 Å². The van der Waals surface area contributed by atoms with Crippen molar-refractivity contribution in [3.63, 3.8) is 0 Å². The highest BCUT2D eigenvalue weighted by atomic mass is 16.5. The number of nitrogens with zero attached hydrogens (tertiary/aromatic N) is 1. The highest BCUT2D eigenvalue weighted by Crippen LogP contribution is 2.66. The van der Waals surface area contributed by atoms with Crippen molar-refractivity contribution in [2.24, 2.45) is 29.1 Å². The summed E-state index contributed by atoms with van der Waals surface area (Å²) in [6.45, 7) is 6.66. The van der Waals surface area contributed by atoms with E-state index < -0.39 is 0 Å². The van der Waals surface area contributed by atoms with Crippen molar-refractivity contribution in [1.29, 1.82) is 0 Å². The third-order valence-corrected chi connectivity index (χ3v) is 13.6. The molecule has 7 nitrogen and oxygen atoms in total. The second-order valence-corrected chi connectivity index (χ2v) is 18.2. The van der Waals surface area contributed by atoms with Gasteiger partial charge < -0.3 is 19.1 Å². The van der Waals surface area contributed by atoms with Crippen LogP contribution in [-0.4, -0.2) is 62.8 Å². The molecule has 0 aliphatic heterocycles. The average Bonchev–Trinajstić information content (AvgIpc) is 3.88. The van der Waals surface area contributed by atoms with Crippen LogP contribution in [-0.2, 0) is 28.6 Å². The molecular weight excluding hydrogens is 675 g/mol. The number of hydrogen-bond donors (Lipinski definition) is 0. The fourth-order valence-electron chi connectivity index (χ4n) is 10.4. The van der Waals surface area contributed by atoms with Gasteiger partial charge in [-0.25, -0.2) is 0 Å². The molecule has 0 radical (unpaired) electrons. The third-order valence-electron chi connectivity index (χ3n) is 13.6. The summed E-state index contributed by atoms with van der Waals surface area (Å²) in [6, 6.07) is 0. The number of carbonyl (C=O) groups is 3. The van der Waals surface area contributed by atoms with E-state index in [4.69, 9.17) is 14.2 Å². The molecule has 3 fully saturated rings. The first kappa shape index (κ1) is 46.8. The maximum absolute atomic E-state index is 12.6. The van der Waals surface area contributed by atoms with Crippen molar-refractivity contribution in [2.75, 3.05) is 33.9 Å². The molecule has 7 heteroatoms. The van der Waals surface area contributed by atoms with Crippen LogP contribution in [0.15, 0.2) is 0 Å². The number of hydrogen-bond acceptors (Lipinski definition) is 7. The number of ether oxygens (including phenoxy) is 3. The minimum absolute atomic E-state index is 0.00802. The zero-order chi connectivity index (χ0) is 38.9. The highest BCUT2D eigenvalue weighted by Gasteiger charge is 2.60. The summed E-state index contributed by atoms with van der Waals surface area (Å²) in [5.41, 5.74) is 0.325. The quantitative estimate of drug-likeness (QED) is 0.0367. The smallest absolute Gasteiger partial charge is 0.306 e. The van der Waals surface area contributed by atoms with Crippen LogP contribution in [0.4, 0.5) is 0 Å². The van der Waals surface area contributed by atoms with E-state index in [0.29, 0.717) is 43.8 Å². The van der Waals surface area contributed by atoms with Crippen molar-refractivity contribution < 1.29 is 28.6 Å². The first-order valence-corrected chi connectivity index (χ1v) is 23.4. The van der Waals surface area contributed by atoms with Gasteiger partial charge in [-0.05, 0) is 128 Å². The molecule has 3 rings (SSSR count). The van der Waals surface area contributed by atoms with Crippen LogP contribution >= 0.6 is 0 Å². The number of esters is 3. The molecule has 0 heterocycles. The van der Waals surface area contributed by atoms with Crippen molar-refractivity contribution >= 4 is 17.9 Å². The highest BCUT2D eigenvalue weighted by molar-refractivity contribution is 5.70. The molecule has 5 atom stereocenters. The molecule has 0 spiro atoms. The van der Waals surface area contributed by atoms with Gasteiger partial charge in [0.15, 0.2) is 0 Å². The molecule has 0 aromatic rings. The zero-order valence-electron chi connectivity index (χ0n) is 35.8. The van der Waals surface area contributed by atoms with Gasteiger partial charge in [-0.2, -0.15) is 0 Å². The molecular formula is C47H85NO6. The Morgan fingerprint density at radius 3 is 1.83 bits per heavy atom. The molecule has 0 N–H and O–H groups in total. The van der Waals surface area contributed by atoms with Gasteiger partial charge in [-0.1, -0.05) is 110 Å². The third kappa shape index (κ3) is 18.1. The second kappa shape index (κ2) is 27.9. The zero-order valence-corrected chi connectivity index (χ0v) is 35.8. The Hall–Kier alpha value is -1.63. The van der Waals surface area contributed by atoms with E-state index in [1.807, 2.05) is 14.1 Å². The molecule has 0 saturated heterocycles. The topological polar surface area (TPSA) is 82.1 Å². The summed E-state index contributed by atoms with van der Waals surface area (Å²) in [5.74, 6) is 3.13. The first-order valence-electron chi connectivity index (χ1n) is 23.4. The van der Waals surface area contributed by atoms with Crippen molar-refractivity contribution in [3.8, 4) is 0 Å². The van der Waals surface area contributed by atoms with E-state index in [0.717, 1.165) is 114 Å². The normalized spacial score (nSPS) is 22.2. The summed E-state index contributed by atoms with van der Waals surface area (Å²) < 4.78 is 17.6. The summed E-state index contributed by atoms with van der Waals surface area (Å²) in [5, 5.41) is 0. The van der Waals surface area contributed by atoms with Gasteiger partial charge in [0.1, 0.15) is 6.10 Å². The van der Waals surface area contributed by atoms with Crippen molar-refractivity contribution in [3.05, 3.63) is 0 Å². The first-order chi connectivity index (χ1) is 26.3. The molecule has 0 amide bonds. The van der Waals surface area contributed by atoms with E-state index in [9.17, 15) is 14.4 Å². The summed E-state index contributed by atoms with van der Waals surface area (Å²) >= 11 is 0. The Labute approximate surface area is 332 Å². The van der Waals surface area contributed by atoms with E-state index in [-0.39, 0.29) is 24.0 Å². The fourth-order valence-corrected chi connectivity index (χ4v) is 10.4. The number of fused-ring (bicyclic) bond motifs is 5. The Bertz CT molecular complexity index is 1010. The Kier molecular flexibility index (Phi) is 24.1. The monoisotopic (exact) mass is 760 g/mol. The van der Waals surface area contributed by atoms with Gasteiger partial charge in [0.2, 0.25) is 0 Å². The fraction of sp³-hybridized carbons (Fsp3) is 0.936. The minimum atomic E-state index is -0.0685. The van der Waals surface area contributed by atoms with E-state index in [1.165, 1.54) is 89.9 Å². The predicted molar refractivity (Wildman–Crippen MR) is 221 cm³/mol. The number of carbonyl (C=O) groups excluding carboxylic acids is 3. The molecule has 0 aromatic heterocycles. The van der Waals surface area contributed by atoms with Crippen LogP contribution < -0.4 is 0 Å². The van der Waals surface area contributed by atoms with Crippen LogP contribution in [0.2, 0.25) is 0 Å². The van der Waals surface area contributed by atoms with E-state index in [1.54, 1.807) is 0 Å². The Morgan fingerprint density at radius 2 is 1.20 bits per heavy atom. The van der Waals surface area contributed by atoms with E-state index in [2.05, 4.69) is 18.7 Å². The van der Waals surface area contributed by atoms with Crippen LogP contribution in [0.5, 0.6) is 0 Å². The van der Waals surface area contributed by atoms with Gasteiger partial charge in [-0.15, -0.1) is 0 Å². The average molecular weight is 760 g/mol. The SMILES string of the molecule is CCCCCC(CCCCC)CCOC(=O)CCCCCCCC(CCCCCCCC(=O)OCC12CCCC1C1CCC2C1)OC(=O)CCCN(C)C. The molecule has 3 aliphatic carbocycles. The van der Waals surface area contributed by atoms with Crippen LogP contribution in [0, 0.1) is 29.1 Å². The Morgan fingerprint density at radius 1 is 0.630 bits per heavy atom. The second-order valence-electron chi connectivity index (χ2n) is 18.2. The largest absolute Gasteiger partial charge is 0.466 e. The summed E-state index contributed by atoms with van der Waals surface area (Å²) in [6.07, 6.45) is 33.9. The lowest BCUT2D eigenvalue weighted by Gasteiger charge is -2.38. The predicted octanol–water partition coefficient (Wildman–Crippen LogP) is 12.2. The number of unbranched alkanes of at least 4 members (excludes halogenated alkanes) is 12.